The molecule has 1 unspecified atom stereocenters. The van der Waals surface area contributed by atoms with Gasteiger partial charge in [-0.15, -0.1) is 0 Å². The number of nitrogen functional groups attached to an aromatic ring is 2. The lowest BCUT2D eigenvalue weighted by atomic mass is 9.84. The molecule has 5 aliphatic rings. The predicted molar refractivity (Wildman–Crippen MR) is 297 cm³/mol. The molecule has 1 atom stereocenters. The summed E-state index contributed by atoms with van der Waals surface area (Å²) in [5.41, 5.74) is 25.0. The van der Waals surface area contributed by atoms with Crippen molar-refractivity contribution in [3.8, 4) is 11.5 Å². The highest BCUT2D eigenvalue weighted by Gasteiger charge is 2.35. The van der Waals surface area contributed by atoms with Gasteiger partial charge in [-0.25, -0.2) is 14.5 Å². The van der Waals surface area contributed by atoms with E-state index in [9.17, 15) is 24.3 Å². The van der Waals surface area contributed by atoms with Crippen LogP contribution in [-0.4, -0.2) is 94.9 Å². The monoisotopic (exact) mass is 1040 g/mol. The van der Waals surface area contributed by atoms with Crippen LogP contribution in [0.2, 0.25) is 0 Å². The average molecular weight is 1040 g/mol. The Balaban J connectivity index is 0.676. The van der Waals surface area contributed by atoms with Crippen LogP contribution in [0.3, 0.4) is 0 Å². The molecule has 0 spiro atoms. The number of benzene rings is 4. The summed E-state index contributed by atoms with van der Waals surface area (Å²) in [6.07, 6.45) is 14.6. The Hall–Kier alpha value is -7.95. The van der Waals surface area contributed by atoms with Gasteiger partial charge in [0.2, 0.25) is 17.2 Å². The summed E-state index contributed by atoms with van der Waals surface area (Å²) in [6.45, 7) is 5.66. The summed E-state index contributed by atoms with van der Waals surface area (Å²) in [5.74, 6) is -0.663. The molecule has 7 N–H and O–H groups in total. The number of carbonyl (C=O) groups excluding carboxylic acids is 3. The first kappa shape index (κ1) is 51.2. The van der Waals surface area contributed by atoms with Crippen molar-refractivity contribution >= 4 is 63.4 Å². The van der Waals surface area contributed by atoms with Gasteiger partial charge in [0.25, 0.3) is 5.91 Å². The van der Waals surface area contributed by atoms with Crippen molar-refractivity contribution in [2.45, 2.75) is 109 Å². The number of aliphatic carboxylic acids is 1. The van der Waals surface area contributed by atoms with E-state index in [-0.39, 0.29) is 48.6 Å². The maximum atomic E-state index is 13.9. The van der Waals surface area contributed by atoms with Crippen molar-refractivity contribution in [3.63, 3.8) is 0 Å². The number of aryl methyl sites for hydroxylation is 2. The van der Waals surface area contributed by atoms with Crippen LogP contribution in [-0.2, 0) is 41.8 Å². The minimum Gasteiger partial charge on any atom is -0.481 e. The Morgan fingerprint density at radius 2 is 1.58 bits per heavy atom. The topological polar surface area (TPSA) is 235 Å². The lowest BCUT2D eigenvalue weighted by Crippen LogP contribution is -2.41. The van der Waals surface area contributed by atoms with Crippen LogP contribution in [0.4, 0.5) is 23.1 Å². The van der Waals surface area contributed by atoms with Gasteiger partial charge < -0.3 is 41.7 Å². The van der Waals surface area contributed by atoms with Crippen molar-refractivity contribution in [3.05, 3.63) is 128 Å². The van der Waals surface area contributed by atoms with E-state index in [1.807, 2.05) is 24.1 Å². The number of carboxylic acids is 1. The highest BCUT2D eigenvalue weighted by Crippen LogP contribution is 2.48. The molecule has 0 saturated heterocycles. The second-order valence-electron chi connectivity index (χ2n) is 21.4. The number of unbranched alkanes of at least 4 members (excludes halogenated alkanes) is 2. The van der Waals surface area contributed by atoms with Gasteiger partial charge in [-0.05, 0) is 137 Å². The van der Waals surface area contributed by atoms with Crippen molar-refractivity contribution in [1.82, 2.24) is 35.1 Å². The first-order valence-electron chi connectivity index (χ1n) is 27.7. The number of nitrogens with one attached hydrogen (secondary N) is 2. The Morgan fingerprint density at radius 3 is 2.43 bits per heavy atom. The molecule has 17 heteroatoms. The van der Waals surface area contributed by atoms with Crippen molar-refractivity contribution in [2.75, 3.05) is 67.6 Å². The SMILES string of the molecule is CN(Cc1cnc2nc(N)nc(N)c2n1)c1ccc(C(=O)CC(CCC(=O)NCCCCCNC(=O)c2cccc(C3=c4cc5c6c(c4Oc4c3cc3c7c4CCCN7CCCC3)CCC[N+]=6CCCC5)c2)C(=O)O)cc1. The summed E-state index contributed by atoms with van der Waals surface area (Å²) in [7, 11) is 1.86. The lowest BCUT2D eigenvalue weighted by molar-refractivity contribution is -0.142. The number of carbonyl (C=O) groups is 4. The maximum absolute atomic E-state index is 13.9. The van der Waals surface area contributed by atoms with Crippen LogP contribution in [0.25, 0.3) is 16.7 Å². The molecule has 0 radical (unpaired) electrons. The van der Waals surface area contributed by atoms with Crippen molar-refractivity contribution in [2.24, 2.45) is 5.92 Å². The fraction of sp³-hybridized carbons (Fsp3) is 0.417. The summed E-state index contributed by atoms with van der Waals surface area (Å²) >= 11 is 0. The van der Waals surface area contributed by atoms with Gasteiger partial charge in [-0.1, -0.05) is 12.1 Å². The molecule has 7 heterocycles. The van der Waals surface area contributed by atoms with E-state index < -0.39 is 11.9 Å². The lowest BCUT2D eigenvalue weighted by Gasteiger charge is -2.35. The smallest absolute Gasteiger partial charge is 0.306 e. The van der Waals surface area contributed by atoms with Gasteiger partial charge in [0.15, 0.2) is 22.8 Å². The zero-order valence-electron chi connectivity index (χ0n) is 44.0. The predicted octanol–water partition coefficient (Wildman–Crippen LogP) is 6.21. The number of fused-ring (bicyclic) bond motifs is 5. The quantitative estimate of drug-likeness (QED) is 0.0366. The molecule has 398 valence electrons. The number of anilines is 4. The normalized spacial score (nSPS) is 15.7. The molecule has 4 aromatic carbocycles. The van der Waals surface area contributed by atoms with Gasteiger partial charge in [-0.2, -0.15) is 9.97 Å². The zero-order valence-corrected chi connectivity index (χ0v) is 44.0. The summed E-state index contributed by atoms with van der Waals surface area (Å²) in [4.78, 5) is 73.5. The van der Waals surface area contributed by atoms with E-state index in [0.29, 0.717) is 54.0 Å². The largest absolute Gasteiger partial charge is 0.481 e. The number of ketones is 1. The van der Waals surface area contributed by atoms with E-state index in [4.69, 9.17) is 16.2 Å². The molecular weight excluding hydrogens is 971 g/mol. The van der Waals surface area contributed by atoms with E-state index >= 15 is 0 Å². The Morgan fingerprint density at radius 1 is 0.805 bits per heavy atom. The Labute approximate surface area is 447 Å². The van der Waals surface area contributed by atoms with Crippen LogP contribution in [0, 0.1) is 5.92 Å². The molecule has 6 aromatic rings. The maximum Gasteiger partial charge on any atom is 0.306 e. The highest BCUT2D eigenvalue weighted by molar-refractivity contribution is 5.99. The third-order valence-corrected chi connectivity index (χ3v) is 16.1. The molecule has 5 aliphatic heterocycles. The number of nitrogens with two attached hydrogens (primary N) is 2. The third kappa shape index (κ3) is 10.8. The third-order valence-electron chi connectivity index (χ3n) is 16.1. The van der Waals surface area contributed by atoms with E-state index in [0.717, 1.165) is 111 Å². The minimum absolute atomic E-state index is 0.0147. The molecule has 0 fully saturated rings. The number of aromatic nitrogens is 4. The van der Waals surface area contributed by atoms with Crippen LogP contribution < -0.4 is 51.8 Å². The van der Waals surface area contributed by atoms with Gasteiger partial charge >= 0.3 is 5.97 Å². The highest BCUT2D eigenvalue weighted by atomic mass is 16.5. The number of Topliss-reactive ketones (excluding diaryl/α,β-unsaturated/α-hetero) is 1. The first-order chi connectivity index (χ1) is 37.5. The standard InChI is InChI=1S/C60H67N11O6/c1-69(35-42-34-65-57-51(66-42)56(61)67-60(62)68-57)43-21-18-36(19-22-43)48(72)33-41(59(75)76)20-23-49(73)63-24-5-2-6-25-64-58(74)40-15-9-14-37(30-40)50-46-31-38-12-3-7-26-70-28-10-16-44(52(38)70)54(46)77-55-45-17-11-29-71-27-8-4-13-39(53(45)71)32-47(50)55/h9,14-15,18-19,21-22,30-32,34,41H,2-8,10-13,16-17,20,23-29,33,35H2,1H3,(H6-,61,62,63,64,65,67,68,73,74,75,76)/p+1. The minimum atomic E-state index is -1.12. The number of amides is 2. The van der Waals surface area contributed by atoms with Crippen LogP contribution >= 0.6 is 0 Å². The molecule has 2 amide bonds. The van der Waals surface area contributed by atoms with Gasteiger partial charge in [0.1, 0.15) is 24.6 Å². The molecule has 77 heavy (non-hydrogen) atoms. The molecule has 2 aromatic heterocycles. The van der Waals surface area contributed by atoms with Gasteiger partial charge in [0.05, 0.1) is 29.9 Å². The van der Waals surface area contributed by atoms with E-state index in [1.54, 1.807) is 30.5 Å². The molecule has 0 aliphatic carbocycles. The van der Waals surface area contributed by atoms with E-state index in [1.165, 1.54) is 64.6 Å². The Kier molecular flexibility index (Phi) is 14.8. The number of nitrogens with zero attached hydrogens (tertiary/aromatic N) is 7. The number of rotatable bonds is 18. The summed E-state index contributed by atoms with van der Waals surface area (Å²) in [6, 6.07) is 19.9. The molecule has 17 nitrogen and oxygen atoms in total. The molecular formula is C60H68N11O6+. The number of hydrogen-bond acceptors (Lipinski definition) is 13. The van der Waals surface area contributed by atoms with Gasteiger partial charge in [-0.3, -0.25) is 19.2 Å². The number of ether oxygens (including phenoxy) is 1. The first-order valence-corrected chi connectivity index (χ1v) is 27.7. The second-order valence-corrected chi connectivity index (χ2v) is 21.4. The van der Waals surface area contributed by atoms with Crippen LogP contribution in [0.5, 0.6) is 11.5 Å². The second kappa shape index (κ2) is 22.3. The molecule has 11 rings (SSSR count). The molecule has 0 bridgehead atoms. The van der Waals surface area contributed by atoms with Crippen LogP contribution in [0.15, 0.2) is 66.9 Å². The molecule has 0 saturated carbocycles. The zero-order chi connectivity index (χ0) is 53.2. The van der Waals surface area contributed by atoms with E-state index in [2.05, 4.69) is 64.3 Å². The Bertz CT molecular complexity index is 3450. The number of hydrogen-bond donors (Lipinski definition) is 5. The van der Waals surface area contributed by atoms with Gasteiger partial charge in [0, 0.05) is 109 Å². The fourth-order valence-corrected chi connectivity index (χ4v) is 12.3. The summed E-state index contributed by atoms with van der Waals surface area (Å²) in [5, 5.41) is 18.6. The average Bonchev–Trinajstić information content (AvgIpc) is 3.78. The van der Waals surface area contributed by atoms with Crippen LogP contribution in [0.1, 0.15) is 137 Å². The van der Waals surface area contributed by atoms with Crippen molar-refractivity contribution in [1.29, 1.82) is 0 Å². The number of carboxylic acid groups (broad SMARTS) is 1. The van der Waals surface area contributed by atoms with Crippen molar-refractivity contribution < 1.29 is 29.0 Å². The fourth-order valence-electron chi connectivity index (χ4n) is 12.3. The summed E-state index contributed by atoms with van der Waals surface area (Å²) < 4.78 is 9.91.